The molecule has 1 saturated heterocycles. The molecule has 0 radical (unpaired) electrons. The molecule has 6 nitrogen and oxygen atoms in total. The van der Waals surface area contributed by atoms with E-state index in [9.17, 15) is 14.4 Å². The first-order valence-electron chi connectivity index (χ1n) is 10.5. The molecule has 3 fully saturated rings. The number of imide groups is 1. The minimum atomic E-state index is -0.764. The van der Waals surface area contributed by atoms with Crippen molar-refractivity contribution in [1.82, 2.24) is 15.1 Å². The van der Waals surface area contributed by atoms with Gasteiger partial charge in [0.2, 0.25) is 5.91 Å². The Morgan fingerprint density at radius 2 is 1.62 bits per heavy atom. The summed E-state index contributed by atoms with van der Waals surface area (Å²) in [6.45, 7) is 2.50. The average molecular weight is 364 g/mol. The fraction of sp³-hybridized carbons (Fsp3) is 0.850. The summed E-state index contributed by atoms with van der Waals surface area (Å²) in [7, 11) is 0. The van der Waals surface area contributed by atoms with E-state index in [1.54, 1.807) is 0 Å². The van der Waals surface area contributed by atoms with Gasteiger partial charge in [0, 0.05) is 12.6 Å². The number of amides is 4. The van der Waals surface area contributed by atoms with Gasteiger partial charge in [-0.1, -0.05) is 51.4 Å². The van der Waals surface area contributed by atoms with Crippen LogP contribution in [0.15, 0.2) is 0 Å². The highest BCUT2D eigenvalue weighted by atomic mass is 16.2. The smallest absolute Gasteiger partial charge is 0.325 e. The van der Waals surface area contributed by atoms with Crippen molar-refractivity contribution in [2.45, 2.75) is 95.6 Å². The van der Waals surface area contributed by atoms with Gasteiger partial charge in [-0.25, -0.2) is 4.79 Å². The molecule has 146 valence electrons. The largest absolute Gasteiger partial charge is 0.338 e. The second-order valence-corrected chi connectivity index (χ2v) is 8.14. The van der Waals surface area contributed by atoms with Crippen LogP contribution in [0.4, 0.5) is 4.79 Å². The second-order valence-electron chi connectivity index (χ2n) is 8.14. The van der Waals surface area contributed by atoms with E-state index in [2.05, 4.69) is 5.32 Å². The summed E-state index contributed by atoms with van der Waals surface area (Å²) < 4.78 is 0. The third kappa shape index (κ3) is 3.89. The molecule has 2 saturated carbocycles. The lowest BCUT2D eigenvalue weighted by Gasteiger charge is -2.34. The Labute approximate surface area is 156 Å². The number of nitrogens with one attached hydrogen (secondary N) is 1. The minimum absolute atomic E-state index is 0.0919. The van der Waals surface area contributed by atoms with E-state index in [1.807, 2.05) is 11.8 Å². The monoisotopic (exact) mass is 363 g/mol. The summed E-state index contributed by atoms with van der Waals surface area (Å²) in [6.07, 6.45) is 12.3. The van der Waals surface area contributed by atoms with Crippen molar-refractivity contribution in [3.8, 4) is 0 Å². The van der Waals surface area contributed by atoms with Gasteiger partial charge in [0.1, 0.15) is 12.1 Å². The molecule has 0 bridgehead atoms. The Morgan fingerprint density at radius 3 is 2.23 bits per heavy atom. The molecule has 0 aromatic rings. The zero-order valence-electron chi connectivity index (χ0n) is 16.1. The Bertz CT molecular complexity index is 534. The zero-order valence-corrected chi connectivity index (χ0v) is 16.1. The normalized spacial score (nSPS) is 24.3. The number of urea groups is 1. The van der Waals surface area contributed by atoms with Gasteiger partial charge >= 0.3 is 6.03 Å². The van der Waals surface area contributed by atoms with Gasteiger partial charge in [-0.05, 0) is 32.6 Å². The highest BCUT2D eigenvalue weighted by Gasteiger charge is 2.51. The summed E-state index contributed by atoms with van der Waals surface area (Å²) in [6, 6.07) is -0.124. The van der Waals surface area contributed by atoms with Gasteiger partial charge in [-0.3, -0.25) is 14.5 Å². The van der Waals surface area contributed by atoms with Crippen LogP contribution in [-0.2, 0) is 9.59 Å². The van der Waals surface area contributed by atoms with Crippen LogP contribution in [0.1, 0.15) is 84.0 Å². The highest BCUT2D eigenvalue weighted by molar-refractivity contribution is 6.09. The van der Waals surface area contributed by atoms with E-state index in [0.29, 0.717) is 19.4 Å². The van der Waals surface area contributed by atoms with Crippen molar-refractivity contribution < 1.29 is 14.4 Å². The van der Waals surface area contributed by atoms with Crippen molar-refractivity contribution in [2.24, 2.45) is 0 Å². The maximum Gasteiger partial charge on any atom is 0.325 e. The molecule has 26 heavy (non-hydrogen) atoms. The summed E-state index contributed by atoms with van der Waals surface area (Å²) in [4.78, 5) is 41.5. The number of rotatable bonds is 4. The predicted octanol–water partition coefficient (Wildman–Crippen LogP) is 3.20. The molecule has 0 atom stereocenters. The van der Waals surface area contributed by atoms with E-state index in [0.717, 1.165) is 51.4 Å². The van der Waals surface area contributed by atoms with Crippen molar-refractivity contribution in [1.29, 1.82) is 0 Å². The predicted molar refractivity (Wildman–Crippen MR) is 99.6 cm³/mol. The summed E-state index contributed by atoms with van der Waals surface area (Å²) in [5.41, 5.74) is -0.764. The number of likely N-dealkylation sites (N-methyl/N-ethyl adjacent to an activating group) is 1. The maximum atomic E-state index is 13.1. The number of carbonyl (C=O) groups excluding carboxylic acids is 3. The minimum Gasteiger partial charge on any atom is -0.338 e. The number of hydrogen-bond acceptors (Lipinski definition) is 3. The van der Waals surface area contributed by atoms with Crippen LogP contribution >= 0.6 is 0 Å². The van der Waals surface area contributed by atoms with Gasteiger partial charge in [-0.2, -0.15) is 0 Å². The molecular formula is C20H33N3O3. The molecule has 6 heteroatoms. The first-order valence-corrected chi connectivity index (χ1v) is 10.5. The molecular weight excluding hydrogens is 330 g/mol. The molecule has 2 aliphatic carbocycles. The molecule has 1 aliphatic heterocycles. The molecule has 1 spiro atoms. The Kier molecular flexibility index (Phi) is 6.20. The fourth-order valence-corrected chi connectivity index (χ4v) is 4.92. The van der Waals surface area contributed by atoms with Gasteiger partial charge < -0.3 is 10.2 Å². The van der Waals surface area contributed by atoms with E-state index in [1.165, 1.54) is 17.7 Å². The van der Waals surface area contributed by atoms with Gasteiger partial charge in [0.15, 0.2) is 0 Å². The van der Waals surface area contributed by atoms with Crippen LogP contribution in [0, 0.1) is 0 Å². The van der Waals surface area contributed by atoms with E-state index in [4.69, 9.17) is 0 Å². The van der Waals surface area contributed by atoms with Crippen molar-refractivity contribution in [3.05, 3.63) is 0 Å². The molecule has 3 rings (SSSR count). The van der Waals surface area contributed by atoms with Crippen LogP contribution in [0.25, 0.3) is 0 Å². The molecule has 3 aliphatic rings. The van der Waals surface area contributed by atoms with Crippen LogP contribution in [0.2, 0.25) is 0 Å². The van der Waals surface area contributed by atoms with E-state index < -0.39 is 5.54 Å². The first kappa shape index (κ1) is 19.2. The Hall–Kier alpha value is -1.59. The Balaban J connectivity index is 1.67. The number of carbonyl (C=O) groups is 3. The first-order chi connectivity index (χ1) is 12.6. The van der Waals surface area contributed by atoms with Gasteiger partial charge in [0.05, 0.1) is 0 Å². The topological polar surface area (TPSA) is 69.7 Å². The third-order valence-electron chi connectivity index (χ3n) is 6.42. The van der Waals surface area contributed by atoms with Gasteiger partial charge in [-0.15, -0.1) is 0 Å². The Morgan fingerprint density at radius 1 is 1.04 bits per heavy atom. The molecule has 0 unspecified atom stereocenters. The van der Waals surface area contributed by atoms with Crippen LogP contribution in [-0.4, -0.2) is 52.3 Å². The van der Waals surface area contributed by atoms with Crippen molar-refractivity contribution in [3.63, 3.8) is 0 Å². The highest BCUT2D eigenvalue weighted by Crippen LogP contribution is 2.32. The number of hydrogen-bond donors (Lipinski definition) is 1. The SMILES string of the molecule is CCN(C(=O)CN1C(=O)NC2(CCCCCCC2)C1=O)C1CCCCC1. The molecule has 0 aromatic heterocycles. The molecule has 1 heterocycles. The van der Waals surface area contributed by atoms with Crippen molar-refractivity contribution in [2.75, 3.05) is 13.1 Å². The van der Waals surface area contributed by atoms with Crippen molar-refractivity contribution >= 4 is 17.8 Å². The molecule has 1 N–H and O–H groups in total. The second kappa shape index (κ2) is 8.40. The lowest BCUT2D eigenvalue weighted by atomic mass is 9.84. The molecule has 4 amide bonds. The third-order valence-corrected chi connectivity index (χ3v) is 6.42. The average Bonchev–Trinajstić information content (AvgIpc) is 2.85. The summed E-state index contributed by atoms with van der Waals surface area (Å²) in [5, 5.41) is 2.95. The lowest BCUT2D eigenvalue weighted by Crippen LogP contribution is -2.49. The summed E-state index contributed by atoms with van der Waals surface area (Å²) >= 11 is 0. The quantitative estimate of drug-likeness (QED) is 0.780. The standard InChI is InChI=1S/C20H33N3O3/c1-2-22(16-11-7-6-8-12-16)17(24)15-23-18(25)20(21-19(23)26)13-9-4-3-5-10-14-20/h16H,2-15H2,1H3,(H,21,26). The maximum absolute atomic E-state index is 13.1. The van der Waals surface area contributed by atoms with Gasteiger partial charge in [0.25, 0.3) is 5.91 Å². The van der Waals surface area contributed by atoms with Crippen LogP contribution in [0.5, 0.6) is 0 Å². The lowest BCUT2D eigenvalue weighted by molar-refractivity contribution is -0.141. The van der Waals surface area contributed by atoms with Crippen LogP contribution < -0.4 is 5.32 Å². The molecule has 0 aromatic carbocycles. The van der Waals surface area contributed by atoms with E-state index >= 15 is 0 Å². The zero-order chi connectivity index (χ0) is 18.6. The number of nitrogens with zero attached hydrogens (tertiary/aromatic N) is 2. The van der Waals surface area contributed by atoms with Crippen LogP contribution in [0.3, 0.4) is 0 Å². The summed E-state index contributed by atoms with van der Waals surface area (Å²) in [5.74, 6) is -0.275. The fourth-order valence-electron chi connectivity index (χ4n) is 4.92. The van der Waals surface area contributed by atoms with E-state index in [-0.39, 0.29) is 30.4 Å².